The van der Waals surface area contributed by atoms with Crippen LogP contribution in [0.2, 0.25) is 0 Å². The molecular weight excluding hydrogens is 254 g/mol. The van der Waals surface area contributed by atoms with E-state index in [1.165, 1.54) is 32.1 Å². The summed E-state index contributed by atoms with van der Waals surface area (Å²) in [5.74, 6) is -0.615. The smallest absolute Gasteiger partial charge is 0.285 e. The van der Waals surface area contributed by atoms with Crippen molar-refractivity contribution < 1.29 is 14.2 Å². The van der Waals surface area contributed by atoms with Crippen LogP contribution in [0, 0.1) is 5.92 Å². The Hall–Kier alpha value is -0.160. The van der Waals surface area contributed by atoms with E-state index in [9.17, 15) is 0 Å². The number of unbranched alkanes of at least 4 members (excludes halogenated alkanes) is 4. The summed E-state index contributed by atoms with van der Waals surface area (Å²) in [5.41, 5.74) is 0. The number of nitrogens with one attached hydrogen (secondary N) is 1. The lowest BCUT2D eigenvalue weighted by molar-refractivity contribution is -0.380. The molecule has 122 valence electrons. The van der Waals surface area contributed by atoms with Gasteiger partial charge in [0.25, 0.3) is 5.97 Å². The van der Waals surface area contributed by atoms with Crippen LogP contribution in [-0.2, 0) is 14.2 Å². The average molecular weight is 289 g/mol. The van der Waals surface area contributed by atoms with E-state index in [4.69, 9.17) is 14.2 Å². The predicted molar refractivity (Wildman–Crippen MR) is 83.8 cm³/mol. The van der Waals surface area contributed by atoms with Crippen molar-refractivity contribution in [1.29, 1.82) is 0 Å². The quantitative estimate of drug-likeness (QED) is 0.392. The fraction of sp³-hybridized carbons (Fsp3) is 1.00. The Bertz CT molecular complexity index is 200. The third kappa shape index (κ3) is 7.02. The number of rotatable bonds is 14. The molecule has 4 heteroatoms. The van der Waals surface area contributed by atoms with E-state index >= 15 is 0 Å². The van der Waals surface area contributed by atoms with Crippen molar-refractivity contribution in [3.05, 3.63) is 0 Å². The summed E-state index contributed by atoms with van der Waals surface area (Å²) in [5, 5.41) is 3.19. The molecule has 0 aromatic carbocycles. The molecule has 1 unspecified atom stereocenters. The lowest BCUT2D eigenvalue weighted by Crippen LogP contribution is -2.44. The topological polar surface area (TPSA) is 39.7 Å². The first-order valence-corrected chi connectivity index (χ1v) is 8.00. The Morgan fingerprint density at radius 1 is 0.850 bits per heavy atom. The molecule has 0 aliphatic heterocycles. The van der Waals surface area contributed by atoms with Gasteiger partial charge in [-0.2, -0.15) is 0 Å². The third-order valence-electron chi connectivity index (χ3n) is 3.99. The normalized spacial score (nSPS) is 13.7. The second kappa shape index (κ2) is 12.6. The van der Waals surface area contributed by atoms with E-state index in [0.29, 0.717) is 0 Å². The molecule has 0 aliphatic carbocycles. The SMILES string of the molecule is CCCCCCCC(CCCNC)C(OC)(OC)OC. The molecule has 1 N–H and O–H groups in total. The van der Waals surface area contributed by atoms with E-state index < -0.39 is 5.97 Å². The minimum atomic E-state index is -0.890. The first-order valence-electron chi connectivity index (χ1n) is 8.00. The van der Waals surface area contributed by atoms with Crippen molar-refractivity contribution in [3.8, 4) is 0 Å². The molecule has 0 aromatic rings. The van der Waals surface area contributed by atoms with E-state index in [2.05, 4.69) is 12.2 Å². The van der Waals surface area contributed by atoms with Gasteiger partial charge in [0, 0.05) is 27.2 Å². The summed E-state index contributed by atoms with van der Waals surface area (Å²) in [4.78, 5) is 0. The zero-order valence-electron chi connectivity index (χ0n) is 14.2. The highest BCUT2D eigenvalue weighted by molar-refractivity contribution is 4.72. The lowest BCUT2D eigenvalue weighted by atomic mass is 9.93. The fourth-order valence-corrected chi connectivity index (χ4v) is 2.77. The lowest BCUT2D eigenvalue weighted by Gasteiger charge is -2.36. The standard InChI is InChI=1S/C16H35NO3/c1-6-7-8-9-10-12-15(13-11-14-17-2)16(18-3,19-4)20-5/h15,17H,6-14H2,1-5H3. The van der Waals surface area contributed by atoms with Crippen LogP contribution in [0.1, 0.15) is 58.3 Å². The molecule has 0 radical (unpaired) electrons. The number of methoxy groups -OCH3 is 3. The van der Waals surface area contributed by atoms with Crippen LogP contribution in [0.3, 0.4) is 0 Å². The Balaban J connectivity index is 4.37. The molecule has 20 heavy (non-hydrogen) atoms. The van der Waals surface area contributed by atoms with Gasteiger partial charge in [0.15, 0.2) is 0 Å². The highest BCUT2D eigenvalue weighted by Gasteiger charge is 2.39. The maximum absolute atomic E-state index is 5.54. The molecular formula is C16H35NO3. The molecule has 0 bridgehead atoms. The van der Waals surface area contributed by atoms with Crippen molar-refractivity contribution in [2.24, 2.45) is 5.92 Å². The second-order valence-electron chi connectivity index (χ2n) is 5.36. The molecule has 0 heterocycles. The molecule has 1 atom stereocenters. The van der Waals surface area contributed by atoms with Crippen LogP contribution in [0.15, 0.2) is 0 Å². The van der Waals surface area contributed by atoms with Gasteiger partial charge in [-0.05, 0) is 32.9 Å². The molecule has 0 saturated carbocycles. The molecule has 0 rings (SSSR count). The Morgan fingerprint density at radius 3 is 1.90 bits per heavy atom. The predicted octanol–water partition coefficient (Wildman–Crippen LogP) is 3.56. The van der Waals surface area contributed by atoms with Crippen molar-refractivity contribution in [2.45, 2.75) is 64.3 Å². The van der Waals surface area contributed by atoms with Gasteiger partial charge in [0.1, 0.15) is 0 Å². The van der Waals surface area contributed by atoms with Crippen LogP contribution in [0.4, 0.5) is 0 Å². The minimum Gasteiger partial charge on any atom is -0.331 e. The Morgan fingerprint density at radius 2 is 1.40 bits per heavy atom. The summed E-state index contributed by atoms with van der Waals surface area (Å²) < 4.78 is 16.6. The van der Waals surface area contributed by atoms with Crippen LogP contribution < -0.4 is 5.32 Å². The molecule has 0 saturated heterocycles. The molecule has 0 amide bonds. The highest BCUT2D eigenvalue weighted by atomic mass is 16.9. The molecule has 0 spiro atoms. The van der Waals surface area contributed by atoms with Crippen LogP contribution >= 0.6 is 0 Å². The van der Waals surface area contributed by atoms with Crippen molar-refractivity contribution >= 4 is 0 Å². The van der Waals surface area contributed by atoms with Crippen molar-refractivity contribution in [1.82, 2.24) is 5.32 Å². The van der Waals surface area contributed by atoms with Gasteiger partial charge in [-0.15, -0.1) is 0 Å². The van der Waals surface area contributed by atoms with Crippen LogP contribution in [0.25, 0.3) is 0 Å². The van der Waals surface area contributed by atoms with Crippen LogP contribution in [0.5, 0.6) is 0 Å². The van der Waals surface area contributed by atoms with Crippen molar-refractivity contribution in [2.75, 3.05) is 34.9 Å². The maximum Gasteiger partial charge on any atom is 0.285 e. The van der Waals surface area contributed by atoms with Gasteiger partial charge in [0.05, 0.1) is 0 Å². The van der Waals surface area contributed by atoms with E-state index in [1.807, 2.05) is 7.05 Å². The van der Waals surface area contributed by atoms with Gasteiger partial charge in [-0.25, -0.2) is 0 Å². The first-order chi connectivity index (χ1) is 9.70. The van der Waals surface area contributed by atoms with E-state index in [1.54, 1.807) is 21.3 Å². The van der Waals surface area contributed by atoms with E-state index in [0.717, 1.165) is 25.8 Å². The Labute approximate surface area is 125 Å². The van der Waals surface area contributed by atoms with E-state index in [-0.39, 0.29) is 5.92 Å². The minimum absolute atomic E-state index is 0.275. The first kappa shape index (κ1) is 19.8. The number of hydrogen-bond acceptors (Lipinski definition) is 4. The third-order valence-corrected chi connectivity index (χ3v) is 3.99. The maximum atomic E-state index is 5.54. The summed E-state index contributed by atoms with van der Waals surface area (Å²) in [7, 11) is 6.97. The molecule has 0 aromatic heterocycles. The summed E-state index contributed by atoms with van der Waals surface area (Å²) in [6.07, 6.45) is 9.66. The number of hydrogen-bond donors (Lipinski definition) is 1. The van der Waals surface area contributed by atoms with Crippen molar-refractivity contribution in [3.63, 3.8) is 0 Å². The van der Waals surface area contributed by atoms with Gasteiger partial charge >= 0.3 is 0 Å². The zero-order chi connectivity index (χ0) is 15.3. The van der Waals surface area contributed by atoms with Crippen LogP contribution in [-0.4, -0.2) is 40.9 Å². The van der Waals surface area contributed by atoms with Gasteiger partial charge in [0.2, 0.25) is 0 Å². The fourth-order valence-electron chi connectivity index (χ4n) is 2.77. The Kier molecular flexibility index (Phi) is 12.5. The summed E-state index contributed by atoms with van der Waals surface area (Å²) in [6.45, 7) is 3.26. The monoisotopic (exact) mass is 289 g/mol. The second-order valence-corrected chi connectivity index (χ2v) is 5.36. The van der Waals surface area contributed by atoms with Gasteiger partial charge in [-0.3, -0.25) is 0 Å². The largest absolute Gasteiger partial charge is 0.331 e. The summed E-state index contributed by atoms with van der Waals surface area (Å²) in [6, 6.07) is 0. The average Bonchev–Trinajstić information content (AvgIpc) is 2.48. The number of ether oxygens (including phenoxy) is 3. The molecule has 0 aliphatic rings. The van der Waals surface area contributed by atoms with Gasteiger partial charge in [-0.1, -0.05) is 39.0 Å². The summed E-state index contributed by atoms with van der Waals surface area (Å²) >= 11 is 0. The molecule has 4 nitrogen and oxygen atoms in total. The van der Waals surface area contributed by atoms with Gasteiger partial charge < -0.3 is 19.5 Å². The molecule has 0 fully saturated rings. The highest BCUT2D eigenvalue weighted by Crippen LogP contribution is 2.32. The zero-order valence-corrected chi connectivity index (χ0v) is 14.2.